The summed E-state index contributed by atoms with van der Waals surface area (Å²) in [6, 6.07) is 0. The lowest BCUT2D eigenvalue weighted by Crippen LogP contribution is -2.37. The number of carbonyl (C=O) groups is 1. The molecule has 0 saturated heterocycles. The van der Waals surface area contributed by atoms with Crippen molar-refractivity contribution in [2.24, 2.45) is 0 Å². The molecule has 0 aliphatic carbocycles. The zero-order chi connectivity index (χ0) is 26.4. The number of phosphoric acid groups is 1. The Balaban J connectivity index is 3.75. The molecule has 1 unspecified atom stereocenters. The van der Waals surface area contributed by atoms with Gasteiger partial charge in [0.05, 0.1) is 34.4 Å². The number of esters is 1. The number of aliphatic hydroxyl groups excluding tert-OH is 1. The third-order valence-electron chi connectivity index (χ3n) is 5.58. The van der Waals surface area contributed by atoms with Gasteiger partial charge in [0.25, 0.3) is 0 Å². The Morgan fingerprint density at radius 2 is 1.43 bits per heavy atom. The molecule has 0 bridgehead atoms. The van der Waals surface area contributed by atoms with Crippen molar-refractivity contribution in [2.75, 3.05) is 47.5 Å². The summed E-state index contributed by atoms with van der Waals surface area (Å²) in [6.07, 6.45) is 19.2. The molecule has 2 N–H and O–H groups in total. The highest BCUT2D eigenvalue weighted by Gasteiger charge is 2.25. The minimum absolute atomic E-state index is 0.0519. The van der Waals surface area contributed by atoms with Crippen LogP contribution in [0.3, 0.4) is 0 Å². The molecular formula is C26H53NO7P+. The van der Waals surface area contributed by atoms with Crippen molar-refractivity contribution in [1.29, 1.82) is 0 Å². The van der Waals surface area contributed by atoms with Crippen LogP contribution < -0.4 is 0 Å². The Morgan fingerprint density at radius 1 is 0.886 bits per heavy atom. The Bertz CT molecular complexity index is 593. The zero-order valence-corrected chi connectivity index (χ0v) is 23.7. The normalized spacial score (nSPS) is 14.8. The molecule has 0 radical (unpaired) electrons. The van der Waals surface area contributed by atoms with Crippen molar-refractivity contribution in [2.45, 2.75) is 103 Å². The molecule has 0 heterocycles. The van der Waals surface area contributed by atoms with Gasteiger partial charge in [0, 0.05) is 6.42 Å². The van der Waals surface area contributed by atoms with Gasteiger partial charge in [-0.2, -0.15) is 0 Å². The maximum absolute atomic E-state index is 12.0. The highest BCUT2D eigenvalue weighted by molar-refractivity contribution is 7.47. The molecule has 0 aliphatic rings. The fourth-order valence-corrected chi connectivity index (χ4v) is 4.10. The fraction of sp³-hybridized carbons (Fsp3) is 0.885. The number of phosphoric ester groups is 1. The van der Waals surface area contributed by atoms with Gasteiger partial charge in [0.1, 0.15) is 19.3 Å². The Hall–Kier alpha value is -0.760. The zero-order valence-electron chi connectivity index (χ0n) is 22.8. The third-order valence-corrected chi connectivity index (χ3v) is 6.57. The maximum Gasteiger partial charge on any atom is 0.472 e. The minimum Gasteiger partial charge on any atom is -0.457 e. The summed E-state index contributed by atoms with van der Waals surface area (Å²) in [5.41, 5.74) is 0. The van der Waals surface area contributed by atoms with Crippen LogP contribution in [-0.2, 0) is 23.1 Å². The van der Waals surface area contributed by atoms with Gasteiger partial charge < -0.3 is 19.2 Å². The Morgan fingerprint density at radius 3 is 1.97 bits per heavy atom. The Kier molecular flexibility index (Phi) is 20.9. The van der Waals surface area contributed by atoms with Crippen LogP contribution >= 0.6 is 7.82 Å². The monoisotopic (exact) mass is 522 g/mol. The number of rotatable bonds is 24. The number of allylic oxidation sites excluding steroid dienone is 2. The number of aliphatic hydroxyl groups is 1. The summed E-state index contributed by atoms with van der Waals surface area (Å²) in [5, 5.41) is 9.38. The number of ether oxygens (including phenoxy) is 1. The first-order valence-electron chi connectivity index (χ1n) is 13.5. The van der Waals surface area contributed by atoms with Crippen LogP contribution in [0.15, 0.2) is 12.2 Å². The van der Waals surface area contributed by atoms with Crippen LogP contribution in [0.2, 0.25) is 0 Å². The smallest absolute Gasteiger partial charge is 0.457 e. The van der Waals surface area contributed by atoms with Gasteiger partial charge in [-0.3, -0.25) is 13.8 Å². The van der Waals surface area contributed by atoms with Gasteiger partial charge in [-0.25, -0.2) is 4.57 Å². The summed E-state index contributed by atoms with van der Waals surface area (Å²) in [7, 11) is 1.54. The number of carbonyl (C=O) groups excluding carboxylic acids is 1. The molecule has 0 saturated carbocycles. The molecule has 0 rings (SSSR count). The highest BCUT2D eigenvalue weighted by atomic mass is 31.2. The molecule has 0 aliphatic heterocycles. The van der Waals surface area contributed by atoms with E-state index in [1.807, 2.05) is 21.1 Å². The average molecular weight is 523 g/mol. The first-order chi connectivity index (χ1) is 16.6. The number of nitrogens with zero attached hydrogens (tertiary/aromatic N) is 1. The van der Waals surface area contributed by atoms with Gasteiger partial charge in [0.15, 0.2) is 0 Å². The van der Waals surface area contributed by atoms with Crippen molar-refractivity contribution >= 4 is 13.8 Å². The van der Waals surface area contributed by atoms with E-state index in [0.717, 1.165) is 32.1 Å². The van der Waals surface area contributed by atoms with E-state index in [1.165, 1.54) is 51.4 Å². The summed E-state index contributed by atoms with van der Waals surface area (Å²) in [6.45, 7) is 1.94. The molecule has 2 atom stereocenters. The predicted molar refractivity (Wildman–Crippen MR) is 141 cm³/mol. The maximum atomic E-state index is 12.0. The quantitative estimate of drug-likeness (QED) is 0.0546. The summed E-state index contributed by atoms with van der Waals surface area (Å²) >= 11 is 0. The standard InChI is InChI=1S/C26H52NO7P/c1-5-6-7-8-9-10-11-12-13-14-15-16-17-18-19-20-26(29)34-25(23-28)24-33-35(30,31)32-22-21-27(2,3)4/h12-13,25,28H,5-11,14-24H2,1-4H3/p+1/t25-/m0/s1. The van der Waals surface area contributed by atoms with Crippen molar-refractivity contribution in [3.63, 3.8) is 0 Å². The highest BCUT2D eigenvalue weighted by Crippen LogP contribution is 2.43. The third kappa shape index (κ3) is 24.7. The van der Waals surface area contributed by atoms with E-state index in [1.54, 1.807) is 0 Å². The molecule has 9 heteroatoms. The minimum atomic E-state index is -4.26. The van der Waals surface area contributed by atoms with Crippen molar-refractivity contribution in [1.82, 2.24) is 0 Å². The van der Waals surface area contributed by atoms with E-state index in [-0.39, 0.29) is 13.0 Å². The van der Waals surface area contributed by atoms with Crippen LogP contribution in [0.1, 0.15) is 96.8 Å². The molecule has 35 heavy (non-hydrogen) atoms. The average Bonchev–Trinajstić information content (AvgIpc) is 2.78. The predicted octanol–water partition coefficient (Wildman–Crippen LogP) is 5.77. The summed E-state index contributed by atoms with van der Waals surface area (Å²) < 4.78 is 27.4. The lowest BCUT2D eigenvalue weighted by atomic mass is 10.1. The molecule has 0 spiro atoms. The van der Waals surface area contributed by atoms with E-state index < -0.39 is 33.1 Å². The lowest BCUT2D eigenvalue weighted by molar-refractivity contribution is -0.870. The number of hydrogen-bond acceptors (Lipinski definition) is 6. The number of quaternary nitrogens is 1. The van der Waals surface area contributed by atoms with Crippen molar-refractivity contribution in [3.05, 3.63) is 12.2 Å². The number of unbranched alkanes of at least 4 members (excludes halogenated alkanes) is 11. The van der Waals surface area contributed by atoms with Gasteiger partial charge >= 0.3 is 13.8 Å². The first kappa shape index (κ1) is 34.2. The second kappa shape index (κ2) is 21.3. The van der Waals surface area contributed by atoms with Crippen LogP contribution in [0.25, 0.3) is 0 Å². The summed E-state index contributed by atoms with van der Waals surface area (Å²) in [5.74, 6) is -0.441. The van der Waals surface area contributed by atoms with Crippen LogP contribution in [-0.4, -0.2) is 74.1 Å². The van der Waals surface area contributed by atoms with Crippen molar-refractivity contribution in [3.8, 4) is 0 Å². The lowest BCUT2D eigenvalue weighted by Gasteiger charge is -2.24. The van der Waals surface area contributed by atoms with Gasteiger partial charge in [0.2, 0.25) is 0 Å². The summed E-state index contributed by atoms with van der Waals surface area (Å²) in [4.78, 5) is 21.7. The molecule has 8 nitrogen and oxygen atoms in total. The first-order valence-corrected chi connectivity index (χ1v) is 15.0. The van der Waals surface area contributed by atoms with E-state index in [9.17, 15) is 19.4 Å². The van der Waals surface area contributed by atoms with E-state index in [0.29, 0.717) is 11.0 Å². The Labute approximate surface area is 214 Å². The van der Waals surface area contributed by atoms with E-state index >= 15 is 0 Å². The van der Waals surface area contributed by atoms with Gasteiger partial charge in [-0.05, 0) is 32.1 Å². The molecule has 0 aromatic rings. The van der Waals surface area contributed by atoms with Crippen LogP contribution in [0.5, 0.6) is 0 Å². The fourth-order valence-electron chi connectivity index (χ4n) is 3.35. The molecular weight excluding hydrogens is 469 g/mol. The van der Waals surface area contributed by atoms with Gasteiger partial charge in [-0.15, -0.1) is 0 Å². The molecule has 208 valence electrons. The molecule has 0 aromatic heterocycles. The largest absolute Gasteiger partial charge is 0.472 e. The number of hydrogen-bond donors (Lipinski definition) is 2. The second-order valence-electron chi connectivity index (χ2n) is 10.2. The van der Waals surface area contributed by atoms with Crippen molar-refractivity contribution < 1.29 is 37.6 Å². The van der Waals surface area contributed by atoms with E-state index in [4.69, 9.17) is 13.8 Å². The van der Waals surface area contributed by atoms with E-state index in [2.05, 4.69) is 19.1 Å². The molecule has 0 fully saturated rings. The van der Waals surface area contributed by atoms with Crippen LogP contribution in [0, 0.1) is 0 Å². The topological polar surface area (TPSA) is 102 Å². The number of likely N-dealkylation sites (N-methyl/N-ethyl adjacent to an activating group) is 1. The second-order valence-corrected chi connectivity index (χ2v) is 11.7. The molecule has 0 aromatic carbocycles. The molecule has 0 amide bonds. The SMILES string of the molecule is CCCCCCCCC=CCCCCCCCC(=O)O[C@@H](CO)COP(=O)(O)OCC[N+](C)(C)C. The van der Waals surface area contributed by atoms with Crippen LogP contribution in [0.4, 0.5) is 0 Å². The van der Waals surface area contributed by atoms with Gasteiger partial charge in [-0.1, -0.05) is 70.4 Å².